The van der Waals surface area contributed by atoms with Crippen molar-refractivity contribution in [2.75, 3.05) is 11.1 Å². The second-order valence-electron chi connectivity index (χ2n) is 5.72. The van der Waals surface area contributed by atoms with Crippen molar-refractivity contribution in [3.05, 3.63) is 65.5 Å². The summed E-state index contributed by atoms with van der Waals surface area (Å²) in [5.41, 5.74) is 13.5. The maximum atomic E-state index is 11.5. The van der Waals surface area contributed by atoms with Crippen LogP contribution in [0.1, 0.15) is 28.7 Å². The van der Waals surface area contributed by atoms with E-state index in [9.17, 15) is 4.79 Å². The van der Waals surface area contributed by atoms with Crippen LogP contribution in [-0.2, 0) is 13.0 Å². The first-order valence-electron chi connectivity index (χ1n) is 8.43. The Bertz CT molecular complexity index is 960. The molecule has 0 fully saturated rings. The monoisotopic (exact) mass is 364 g/mol. The average Bonchev–Trinajstić information content (AvgIpc) is 2.66. The number of para-hydroxylation sites is 2. The fourth-order valence-electron chi connectivity index (χ4n) is 2.57. The number of nitrogens with two attached hydrogens (primary N) is 2. The number of rotatable bonds is 7. The van der Waals surface area contributed by atoms with Crippen molar-refractivity contribution in [1.29, 1.82) is 0 Å². The van der Waals surface area contributed by atoms with Crippen molar-refractivity contribution in [2.45, 2.75) is 20.0 Å². The summed E-state index contributed by atoms with van der Waals surface area (Å²) in [6.07, 6.45) is 0.865. The van der Waals surface area contributed by atoms with Gasteiger partial charge in [0.2, 0.25) is 11.9 Å². The Hall–Kier alpha value is -3.68. The molecule has 27 heavy (non-hydrogen) atoms. The molecule has 1 aromatic heterocycles. The number of anilines is 3. The van der Waals surface area contributed by atoms with Gasteiger partial charge in [-0.3, -0.25) is 4.79 Å². The number of carbonyl (C=O) groups excluding carboxylic acids is 1. The number of nitrogens with zero attached hydrogens (tertiary/aromatic N) is 3. The molecule has 8 heteroatoms. The van der Waals surface area contributed by atoms with Crippen LogP contribution in [0.4, 0.5) is 17.6 Å². The van der Waals surface area contributed by atoms with E-state index >= 15 is 0 Å². The first kappa shape index (κ1) is 18.1. The molecule has 1 heterocycles. The van der Waals surface area contributed by atoms with Gasteiger partial charge in [-0.25, -0.2) is 0 Å². The maximum Gasteiger partial charge on any atom is 0.252 e. The fourth-order valence-corrected chi connectivity index (χ4v) is 2.57. The van der Waals surface area contributed by atoms with Gasteiger partial charge in [-0.05, 0) is 30.2 Å². The predicted octanol–water partition coefficient (Wildman–Crippen LogP) is 2.44. The number of primary amides is 1. The molecule has 0 unspecified atom stereocenters. The van der Waals surface area contributed by atoms with Crippen molar-refractivity contribution in [1.82, 2.24) is 15.0 Å². The molecule has 5 N–H and O–H groups in total. The molecule has 3 aromatic rings. The number of nitrogens with one attached hydrogen (secondary N) is 1. The minimum atomic E-state index is -0.570. The summed E-state index contributed by atoms with van der Waals surface area (Å²) in [7, 11) is 0. The topological polar surface area (TPSA) is 129 Å². The lowest BCUT2D eigenvalue weighted by Crippen LogP contribution is -2.14. The highest BCUT2D eigenvalue weighted by atomic mass is 16.5. The lowest BCUT2D eigenvalue weighted by Gasteiger charge is -2.12. The van der Waals surface area contributed by atoms with E-state index in [4.69, 9.17) is 16.2 Å². The van der Waals surface area contributed by atoms with E-state index in [1.165, 1.54) is 0 Å². The summed E-state index contributed by atoms with van der Waals surface area (Å²) in [5, 5.41) is 3.16. The molecule has 138 valence electrons. The summed E-state index contributed by atoms with van der Waals surface area (Å²) in [6, 6.07) is 14.6. The van der Waals surface area contributed by atoms with Gasteiger partial charge in [-0.2, -0.15) is 15.0 Å². The minimum Gasteiger partial charge on any atom is -0.485 e. The van der Waals surface area contributed by atoms with Crippen LogP contribution in [-0.4, -0.2) is 20.9 Å². The Morgan fingerprint density at radius 3 is 2.59 bits per heavy atom. The number of aryl methyl sites for hydroxylation is 1. The van der Waals surface area contributed by atoms with E-state index in [-0.39, 0.29) is 18.1 Å². The predicted molar refractivity (Wildman–Crippen MR) is 103 cm³/mol. The highest BCUT2D eigenvalue weighted by Crippen LogP contribution is 2.21. The Morgan fingerprint density at radius 1 is 1.07 bits per heavy atom. The standard InChI is InChI=1S/C19H20N6O2/c1-2-12-7-3-5-9-14(12)22-19-24-16(23-18(21)25-19)11-27-15-10-6-4-8-13(15)17(20)26/h3-10H,2,11H2,1H3,(H2,20,26)(H3,21,22,23,24,25). The highest BCUT2D eigenvalue weighted by Gasteiger charge is 2.11. The van der Waals surface area contributed by atoms with Gasteiger partial charge in [0, 0.05) is 5.69 Å². The lowest BCUT2D eigenvalue weighted by molar-refractivity contribution is 0.0995. The van der Waals surface area contributed by atoms with E-state index < -0.39 is 5.91 Å². The van der Waals surface area contributed by atoms with E-state index in [0.29, 0.717) is 17.5 Å². The number of carbonyl (C=O) groups is 1. The van der Waals surface area contributed by atoms with Gasteiger partial charge >= 0.3 is 0 Å². The molecule has 0 saturated carbocycles. The number of benzene rings is 2. The minimum absolute atomic E-state index is 0.0150. The molecule has 0 spiro atoms. The first-order valence-corrected chi connectivity index (χ1v) is 8.43. The lowest BCUT2D eigenvalue weighted by atomic mass is 10.1. The van der Waals surface area contributed by atoms with Crippen LogP contribution in [0.15, 0.2) is 48.5 Å². The molecular weight excluding hydrogens is 344 g/mol. The molecule has 3 rings (SSSR count). The Morgan fingerprint density at radius 2 is 1.81 bits per heavy atom. The summed E-state index contributed by atoms with van der Waals surface area (Å²) in [5.74, 6) is 0.515. The molecule has 8 nitrogen and oxygen atoms in total. The SMILES string of the molecule is CCc1ccccc1Nc1nc(N)nc(COc2ccccc2C(N)=O)n1. The van der Waals surface area contributed by atoms with Crippen molar-refractivity contribution in [2.24, 2.45) is 5.73 Å². The number of hydrogen-bond donors (Lipinski definition) is 3. The van der Waals surface area contributed by atoms with Crippen molar-refractivity contribution in [3.63, 3.8) is 0 Å². The number of hydrogen-bond acceptors (Lipinski definition) is 7. The molecule has 0 aliphatic rings. The average molecular weight is 364 g/mol. The zero-order chi connectivity index (χ0) is 19.2. The Kier molecular flexibility index (Phi) is 5.46. The largest absolute Gasteiger partial charge is 0.485 e. The number of nitrogen functional groups attached to an aromatic ring is 1. The van der Waals surface area contributed by atoms with Crippen LogP contribution in [0.5, 0.6) is 5.75 Å². The zero-order valence-corrected chi connectivity index (χ0v) is 14.8. The second-order valence-corrected chi connectivity index (χ2v) is 5.72. The number of ether oxygens (including phenoxy) is 1. The molecule has 0 saturated heterocycles. The van der Waals surface area contributed by atoms with Gasteiger partial charge in [0.1, 0.15) is 12.4 Å². The highest BCUT2D eigenvalue weighted by molar-refractivity contribution is 5.95. The van der Waals surface area contributed by atoms with E-state index in [1.54, 1.807) is 24.3 Å². The zero-order valence-electron chi connectivity index (χ0n) is 14.8. The van der Waals surface area contributed by atoms with Gasteiger partial charge in [-0.1, -0.05) is 37.3 Å². The molecule has 1 amide bonds. The van der Waals surface area contributed by atoms with Crippen molar-refractivity contribution >= 4 is 23.5 Å². The normalized spacial score (nSPS) is 10.4. The summed E-state index contributed by atoms with van der Waals surface area (Å²) < 4.78 is 5.65. The molecule has 0 aliphatic carbocycles. The van der Waals surface area contributed by atoms with E-state index in [0.717, 1.165) is 17.7 Å². The fraction of sp³-hybridized carbons (Fsp3) is 0.158. The van der Waals surface area contributed by atoms with Crippen LogP contribution in [0.25, 0.3) is 0 Å². The number of aromatic nitrogens is 3. The van der Waals surface area contributed by atoms with Gasteiger partial charge in [0.05, 0.1) is 5.56 Å². The van der Waals surface area contributed by atoms with Crippen LogP contribution < -0.4 is 21.5 Å². The molecule has 0 radical (unpaired) electrons. The molecule has 2 aromatic carbocycles. The smallest absolute Gasteiger partial charge is 0.252 e. The maximum absolute atomic E-state index is 11.5. The summed E-state index contributed by atoms with van der Waals surface area (Å²) in [6.45, 7) is 2.08. The quantitative estimate of drug-likeness (QED) is 0.587. The van der Waals surface area contributed by atoms with E-state index in [2.05, 4.69) is 27.2 Å². The van der Waals surface area contributed by atoms with Crippen LogP contribution in [0.2, 0.25) is 0 Å². The van der Waals surface area contributed by atoms with E-state index in [1.807, 2.05) is 24.3 Å². The van der Waals surface area contributed by atoms with Gasteiger partial charge in [0.15, 0.2) is 5.82 Å². The van der Waals surface area contributed by atoms with Gasteiger partial charge < -0.3 is 21.5 Å². The molecule has 0 atom stereocenters. The third-order valence-corrected chi connectivity index (χ3v) is 3.85. The van der Waals surface area contributed by atoms with Crippen molar-refractivity contribution in [3.8, 4) is 5.75 Å². The molecule has 0 bridgehead atoms. The molecule has 0 aliphatic heterocycles. The third-order valence-electron chi connectivity index (χ3n) is 3.85. The van der Waals surface area contributed by atoms with Gasteiger partial charge in [0.25, 0.3) is 5.91 Å². The Labute approximate surface area is 156 Å². The van der Waals surface area contributed by atoms with Crippen molar-refractivity contribution < 1.29 is 9.53 Å². The van der Waals surface area contributed by atoms with Crippen LogP contribution >= 0.6 is 0 Å². The summed E-state index contributed by atoms with van der Waals surface area (Å²) >= 11 is 0. The molecular formula is C19H20N6O2. The third kappa shape index (κ3) is 4.49. The Balaban J connectivity index is 1.79. The van der Waals surface area contributed by atoms with Crippen LogP contribution in [0.3, 0.4) is 0 Å². The number of amides is 1. The summed E-state index contributed by atoms with van der Waals surface area (Å²) in [4.78, 5) is 24.0. The van der Waals surface area contributed by atoms with Gasteiger partial charge in [-0.15, -0.1) is 0 Å². The second kappa shape index (κ2) is 8.13. The van der Waals surface area contributed by atoms with Crippen LogP contribution in [0, 0.1) is 0 Å². The first-order chi connectivity index (χ1) is 13.1.